The summed E-state index contributed by atoms with van der Waals surface area (Å²) in [7, 11) is 0. The lowest BCUT2D eigenvalue weighted by Gasteiger charge is -2.07. The molecule has 0 aromatic heterocycles. The summed E-state index contributed by atoms with van der Waals surface area (Å²) in [4.78, 5) is 12.3. The van der Waals surface area contributed by atoms with Crippen LogP contribution in [0.15, 0.2) is 29.8 Å². The molecule has 1 fully saturated rings. The molecule has 108 valence electrons. The van der Waals surface area contributed by atoms with Gasteiger partial charge in [-0.1, -0.05) is 37.1 Å². The Morgan fingerprint density at radius 2 is 2.05 bits per heavy atom. The molecule has 2 rings (SSSR count). The second-order valence-electron chi connectivity index (χ2n) is 6.18. The van der Waals surface area contributed by atoms with E-state index in [4.69, 9.17) is 11.6 Å². The van der Waals surface area contributed by atoms with E-state index in [0.717, 1.165) is 0 Å². The van der Waals surface area contributed by atoms with Crippen molar-refractivity contribution in [1.29, 1.82) is 0 Å². The summed E-state index contributed by atoms with van der Waals surface area (Å²) in [5.74, 6) is -0.558. The predicted octanol–water partition coefficient (Wildman–Crippen LogP) is 4.66. The number of carbonyl (C=O) groups excluding carboxylic acids is 1. The van der Waals surface area contributed by atoms with Gasteiger partial charge in [0.15, 0.2) is 0 Å². The quantitative estimate of drug-likeness (QED) is 0.808. The number of benzene rings is 1. The zero-order valence-corrected chi connectivity index (χ0v) is 12.9. The largest absolute Gasteiger partial charge is 0.323 e. The fourth-order valence-corrected chi connectivity index (χ4v) is 2.81. The van der Waals surface area contributed by atoms with Gasteiger partial charge in [-0.05, 0) is 43.4 Å². The number of anilines is 1. The standard InChI is InChI=1S/C16H19ClFNO/c1-9(2)7-11-14(16(11,3)4)15(20)19-13-6-5-10(17)8-12(13)18/h5-8,11,14H,1-4H3,(H,19,20)/t11-,14-/m0/s1. The van der Waals surface area contributed by atoms with Crippen LogP contribution in [0.5, 0.6) is 0 Å². The SMILES string of the molecule is CC(C)=C[C@H]1[C@@H](C(=O)Nc2ccc(Cl)cc2F)C1(C)C. The molecule has 20 heavy (non-hydrogen) atoms. The molecular formula is C16H19ClFNO. The molecule has 0 saturated heterocycles. The molecule has 1 amide bonds. The Kier molecular flexibility index (Phi) is 3.92. The summed E-state index contributed by atoms with van der Waals surface area (Å²) in [6, 6.07) is 4.25. The highest BCUT2D eigenvalue weighted by Gasteiger charge is 2.60. The molecule has 1 aliphatic carbocycles. The summed E-state index contributed by atoms with van der Waals surface area (Å²) >= 11 is 5.69. The minimum Gasteiger partial charge on any atom is -0.323 e. The van der Waals surface area contributed by atoms with Gasteiger partial charge in [0.2, 0.25) is 5.91 Å². The van der Waals surface area contributed by atoms with Crippen LogP contribution in [0, 0.1) is 23.1 Å². The van der Waals surface area contributed by atoms with E-state index in [1.54, 1.807) is 6.07 Å². The topological polar surface area (TPSA) is 29.1 Å². The van der Waals surface area contributed by atoms with Crippen LogP contribution < -0.4 is 5.32 Å². The van der Waals surface area contributed by atoms with E-state index >= 15 is 0 Å². The predicted molar refractivity (Wildman–Crippen MR) is 80.2 cm³/mol. The number of halogens is 2. The van der Waals surface area contributed by atoms with E-state index in [1.807, 2.05) is 13.8 Å². The normalized spacial score (nSPS) is 23.1. The van der Waals surface area contributed by atoms with E-state index < -0.39 is 5.82 Å². The molecule has 1 aromatic rings. The zero-order chi connectivity index (χ0) is 15.1. The van der Waals surface area contributed by atoms with Gasteiger partial charge in [0.05, 0.1) is 11.6 Å². The van der Waals surface area contributed by atoms with Gasteiger partial charge in [-0.15, -0.1) is 0 Å². The van der Waals surface area contributed by atoms with Crippen molar-refractivity contribution in [2.75, 3.05) is 5.32 Å². The highest BCUT2D eigenvalue weighted by atomic mass is 35.5. The summed E-state index contributed by atoms with van der Waals surface area (Å²) in [5.41, 5.74) is 1.29. The number of amides is 1. The van der Waals surface area contributed by atoms with Crippen LogP contribution in [-0.4, -0.2) is 5.91 Å². The molecule has 2 nitrogen and oxygen atoms in total. The minimum absolute atomic E-state index is 0.0791. The number of carbonyl (C=O) groups is 1. The lowest BCUT2D eigenvalue weighted by molar-refractivity contribution is -0.118. The molecule has 0 unspecified atom stereocenters. The van der Waals surface area contributed by atoms with Gasteiger partial charge >= 0.3 is 0 Å². The first-order chi connectivity index (χ1) is 9.23. The highest BCUT2D eigenvalue weighted by molar-refractivity contribution is 6.30. The summed E-state index contributed by atoms with van der Waals surface area (Å²) in [6.07, 6.45) is 2.11. The van der Waals surface area contributed by atoms with E-state index in [1.165, 1.54) is 17.7 Å². The molecule has 1 N–H and O–H groups in total. The van der Waals surface area contributed by atoms with E-state index in [9.17, 15) is 9.18 Å². The van der Waals surface area contributed by atoms with Gasteiger partial charge in [-0.3, -0.25) is 4.79 Å². The van der Waals surface area contributed by atoms with Gasteiger partial charge in [0, 0.05) is 5.02 Å². The third-order valence-corrected chi connectivity index (χ3v) is 4.13. The van der Waals surface area contributed by atoms with Crippen molar-refractivity contribution in [3.63, 3.8) is 0 Å². The molecule has 0 spiro atoms. The Morgan fingerprint density at radius 3 is 2.60 bits per heavy atom. The van der Waals surface area contributed by atoms with Crippen LogP contribution >= 0.6 is 11.6 Å². The maximum atomic E-state index is 13.7. The second-order valence-corrected chi connectivity index (χ2v) is 6.62. The molecule has 2 atom stereocenters. The van der Waals surface area contributed by atoms with E-state index in [2.05, 4.69) is 25.2 Å². The highest BCUT2D eigenvalue weighted by Crippen LogP contribution is 2.59. The van der Waals surface area contributed by atoms with Gasteiger partial charge < -0.3 is 5.32 Å². The zero-order valence-electron chi connectivity index (χ0n) is 12.1. The Hall–Kier alpha value is -1.35. The first-order valence-corrected chi connectivity index (χ1v) is 7.02. The van der Waals surface area contributed by atoms with Gasteiger partial charge in [-0.25, -0.2) is 4.39 Å². The summed E-state index contributed by atoms with van der Waals surface area (Å²) in [6.45, 7) is 8.14. The van der Waals surface area contributed by atoms with Crippen LogP contribution in [0.2, 0.25) is 5.02 Å². The smallest absolute Gasteiger partial charge is 0.228 e. The van der Waals surface area contributed by atoms with Crippen molar-refractivity contribution < 1.29 is 9.18 Å². The maximum Gasteiger partial charge on any atom is 0.228 e. The van der Waals surface area contributed by atoms with Crippen LogP contribution in [0.3, 0.4) is 0 Å². The van der Waals surface area contributed by atoms with Crippen LogP contribution in [0.1, 0.15) is 27.7 Å². The van der Waals surface area contributed by atoms with Crippen molar-refractivity contribution in [3.05, 3.63) is 40.7 Å². The summed E-state index contributed by atoms with van der Waals surface area (Å²) < 4.78 is 13.7. The van der Waals surface area contributed by atoms with Crippen molar-refractivity contribution in [2.45, 2.75) is 27.7 Å². The molecule has 1 aliphatic rings. The number of hydrogen-bond acceptors (Lipinski definition) is 1. The fraction of sp³-hybridized carbons (Fsp3) is 0.438. The fourth-order valence-electron chi connectivity index (χ4n) is 2.65. The Labute approximate surface area is 124 Å². The van der Waals surface area contributed by atoms with Crippen LogP contribution in [0.4, 0.5) is 10.1 Å². The molecule has 0 aliphatic heterocycles. The average Bonchev–Trinajstić information content (AvgIpc) is 2.83. The molecule has 4 heteroatoms. The Balaban J connectivity index is 2.12. The third-order valence-electron chi connectivity index (χ3n) is 3.90. The monoisotopic (exact) mass is 295 g/mol. The van der Waals surface area contributed by atoms with Crippen molar-refractivity contribution >= 4 is 23.2 Å². The average molecular weight is 296 g/mol. The molecule has 0 heterocycles. The maximum absolute atomic E-state index is 13.7. The molecule has 1 saturated carbocycles. The number of rotatable bonds is 3. The summed E-state index contributed by atoms with van der Waals surface area (Å²) in [5, 5.41) is 2.97. The van der Waals surface area contributed by atoms with E-state index in [0.29, 0.717) is 5.02 Å². The number of nitrogens with one attached hydrogen (secondary N) is 1. The lowest BCUT2D eigenvalue weighted by Crippen LogP contribution is -2.17. The first kappa shape index (κ1) is 15.0. The van der Waals surface area contributed by atoms with Crippen molar-refractivity contribution in [2.24, 2.45) is 17.3 Å². The van der Waals surface area contributed by atoms with Gasteiger partial charge in [0.1, 0.15) is 5.82 Å². The van der Waals surface area contributed by atoms with Crippen LogP contribution in [0.25, 0.3) is 0 Å². The molecular weight excluding hydrogens is 277 g/mol. The Morgan fingerprint density at radius 1 is 1.40 bits per heavy atom. The number of allylic oxidation sites excluding steroid dienone is 2. The van der Waals surface area contributed by atoms with E-state index in [-0.39, 0.29) is 28.8 Å². The molecule has 0 radical (unpaired) electrons. The van der Waals surface area contributed by atoms with Gasteiger partial charge in [-0.2, -0.15) is 0 Å². The second kappa shape index (κ2) is 5.21. The Bertz CT molecular complexity index is 576. The van der Waals surface area contributed by atoms with Crippen LogP contribution in [-0.2, 0) is 4.79 Å². The molecule has 0 bridgehead atoms. The molecule has 1 aromatic carbocycles. The van der Waals surface area contributed by atoms with Crippen molar-refractivity contribution in [3.8, 4) is 0 Å². The first-order valence-electron chi connectivity index (χ1n) is 6.64. The minimum atomic E-state index is -0.511. The number of hydrogen-bond donors (Lipinski definition) is 1. The lowest BCUT2D eigenvalue weighted by atomic mass is 10.1. The van der Waals surface area contributed by atoms with Gasteiger partial charge in [0.25, 0.3) is 0 Å². The van der Waals surface area contributed by atoms with Crippen molar-refractivity contribution in [1.82, 2.24) is 0 Å². The third kappa shape index (κ3) is 2.88.